The zero-order chi connectivity index (χ0) is 15.9. The lowest BCUT2D eigenvalue weighted by atomic mass is 10.00. The Labute approximate surface area is 127 Å². The lowest BCUT2D eigenvalue weighted by Crippen LogP contribution is -2.22. The van der Waals surface area contributed by atoms with Gasteiger partial charge in [-0.25, -0.2) is 0 Å². The summed E-state index contributed by atoms with van der Waals surface area (Å²) in [6.07, 6.45) is 14.1. The number of aliphatic carboxylic acids is 1. The second-order valence-electron chi connectivity index (χ2n) is 5.39. The van der Waals surface area contributed by atoms with E-state index in [0.717, 1.165) is 19.8 Å². The normalized spacial score (nSPS) is 17.3. The lowest BCUT2D eigenvalue weighted by Gasteiger charge is -2.08. The number of hydrogen-bond acceptors (Lipinski definition) is 3. The Morgan fingerprint density at radius 2 is 1.24 bits per heavy atom. The average Bonchev–Trinajstić information content (AvgIpc) is 2.37. The van der Waals surface area contributed by atoms with Crippen LogP contribution in [0.1, 0.15) is 77.6 Å². The van der Waals surface area contributed by atoms with Gasteiger partial charge in [-0.3, -0.25) is 4.79 Å². The van der Waals surface area contributed by atoms with Gasteiger partial charge in [0.2, 0.25) is 5.96 Å². The van der Waals surface area contributed by atoms with Crippen LogP contribution in [0.4, 0.5) is 0 Å². The molecule has 0 heterocycles. The molecule has 5 N–H and O–H groups in total. The van der Waals surface area contributed by atoms with Crippen molar-refractivity contribution in [2.24, 2.45) is 21.7 Å². The Balaban J connectivity index is 0.000000885. The van der Waals surface area contributed by atoms with Gasteiger partial charge in [0.05, 0.1) is 0 Å². The van der Waals surface area contributed by atoms with Crippen LogP contribution in [0.3, 0.4) is 0 Å². The second-order valence-corrected chi connectivity index (χ2v) is 5.39. The molecule has 1 saturated carbocycles. The topological polar surface area (TPSA) is 114 Å². The lowest BCUT2D eigenvalue weighted by molar-refractivity contribution is -0.134. The minimum Gasteiger partial charge on any atom is -0.481 e. The van der Waals surface area contributed by atoms with Gasteiger partial charge < -0.3 is 16.6 Å². The number of carboxylic acid groups (broad SMARTS) is 1. The van der Waals surface area contributed by atoms with Crippen LogP contribution in [0.15, 0.2) is 10.2 Å². The van der Waals surface area contributed by atoms with Gasteiger partial charge in [-0.05, 0) is 25.7 Å². The van der Waals surface area contributed by atoms with Crippen molar-refractivity contribution in [2.45, 2.75) is 77.6 Å². The van der Waals surface area contributed by atoms with Crippen molar-refractivity contribution in [3.05, 3.63) is 0 Å². The van der Waals surface area contributed by atoms with E-state index in [9.17, 15) is 0 Å². The Kier molecular flexibility index (Phi) is 12.4. The van der Waals surface area contributed by atoms with Crippen molar-refractivity contribution < 1.29 is 9.90 Å². The SMILES string of the molecule is CC(=O)O.NC(N)=NN=C1CCCCCCCCCCC1. The van der Waals surface area contributed by atoms with Gasteiger partial charge >= 0.3 is 0 Å². The fourth-order valence-electron chi connectivity index (χ4n) is 2.25. The Morgan fingerprint density at radius 3 is 1.57 bits per heavy atom. The summed E-state index contributed by atoms with van der Waals surface area (Å²) in [5.74, 6) is -0.774. The van der Waals surface area contributed by atoms with Gasteiger partial charge in [-0.15, -0.1) is 5.10 Å². The number of carbonyl (C=O) groups is 1. The molecule has 1 rings (SSSR count). The first-order valence-corrected chi connectivity index (χ1v) is 7.86. The largest absolute Gasteiger partial charge is 0.481 e. The summed E-state index contributed by atoms with van der Waals surface area (Å²) >= 11 is 0. The van der Waals surface area contributed by atoms with Crippen LogP contribution in [0.5, 0.6) is 0 Å². The molecular weight excluding hydrogens is 268 g/mol. The molecule has 0 bridgehead atoms. The van der Waals surface area contributed by atoms with E-state index in [4.69, 9.17) is 21.4 Å². The van der Waals surface area contributed by atoms with Crippen LogP contribution in [0, 0.1) is 0 Å². The first-order chi connectivity index (χ1) is 10.0. The zero-order valence-electron chi connectivity index (χ0n) is 13.2. The summed E-state index contributed by atoms with van der Waals surface area (Å²) in [6.45, 7) is 1.08. The number of carboxylic acids is 1. The number of hydrogen-bond donors (Lipinski definition) is 3. The zero-order valence-corrected chi connectivity index (χ0v) is 13.2. The van der Waals surface area contributed by atoms with E-state index < -0.39 is 5.97 Å². The summed E-state index contributed by atoms with van der Waals surface area (Å²) in [5, 5.41) is 15.4. The van der Waals surface area contributed by atoms with Crippen LogP contribution >= 0.6 is 0 Å². The summed E-state index contributed by atoms with van der Waals surface area (Å²) in [4.78, 5) is 9.00. The van der Waals surface area contributed by atoms with E-state index in [1.165, 1.54) is 63.5 Å². The van der Waals surface area contributed by atoms with E-state index in [1.54, 1.807) is 0 Å². The van der Waals surface area contributed by atoms with E-state index in [2.05, 4.69) is 10.2 Å². The van der Waals surface area contributed by atoms with Crippen LogP contribution < -0.4 is 11.5 Å². The van der Waals surface area contributed by atoms with E-state index in [1.807, 2.05) is 0 Å². The van der Waals surface area contributed by atoms with Crippen LogP contribution in [-0.4, -0.2) is 22.7 Å². The molecule has 0 radical (unpaired) electrons. The molecule has 0 spiro atoms. The predicted octanol–water partition coefficient (Wildman–Crippen LogP) is 3.01. The molecule has 0 aromatic carbocycles. The van der Waals surface area contributed by atoms with Gasteiger partial charge in [0.1, 0.15) is 0 Å². The van der Waals surface area contributed by atoms with Crippen molar-refractivity contribution in [3.8, 4) is 0 Å². The second kappa shape index (κ2) is 13.4. The number of guanidine groups is 1. The molecule has 122 valence electrons. The Bertz CT molecular complexity index is 319. The molecular formula is C15H30N4O2. The van der Waals surface area contributed by atoms with Crippen molar-refractivity contribution in [1.29, 1.82) is 0 Å². The fraction of sp³-hybridized carbons (Fsp3) is 0.800. The van der Waals surface area contributed by atoms with Crippen molar-refractivity contribution in [3.63, 3.8) is 0 Å². The number of rotatable bonds is 1. The highest BCUT2D eigenvalue weighted by Crippen LogP contribution is 2.15. The van der Waals surface area contributed by atoms with Crippen LogP contribution in [0.2, 0.25) is 0 Å². The molecule has 0 unspecified atom stereocenters. The molecule has 0 aromatic heterocycles. The molecule has 0 aromatic rings. The van der Waals surface area contributed by atoms with Crippen LogP contribution in [-0.2, 0) is 4.79 Å². The Hall–Kier alpha value is -1.59. The Morgan fingerprint density at radius 1 is 0.905 bits per heavy atom. The number of nitrogens with zero attached hydrogens (tertiary/aromatic N) is 2. The third-order valence-electron chi connectivity index (χ3n) is 3.24. The summed E-state index contributed by atoms with van der Waals surface area (Å²) in [6, 6.07) is 0. The monoisotopic (exact) mass is 298 g/mol. The molecule has 1 fully saturated rings. The first-order valence-electron chi connectivity index (χ1n) is 7.86. The molecule has 1 aliphatic carbocycles. The number of nitrogens with two attached hydrogens (primary N) is 2. The maximum atomic E-state index is 9.00. The molecule has 21 heavy (non-hydrogen) atoms. The molecule has 6 heteroatoms. The molecule has 0 atom stereocenters. The van der Waals surface area contributed by atoms with Crippen molar-refractivity contribution >= 4 is 17.6 Å². The molecule has 0 saturated heterocycles. The predicted molar refractivity (Wildman–Crippen MR) is 87.3 cm³/mol. The molecule has 6 nitrogen and oxygen atoms in total. The van der Waals surface area contributed by atoms with Gasteiger partial charge in [-0.1, -0.05) is 44.9 Å². The minimum absolute atomic E-state index is 0.0589. The highest BCUT2D eigenvalue weighted by Gasteiger charge is 2.02. The van der Waals surface area contributed by atoms with E-state index >= 15 is 0 Å². The summed E-state index contributed by atoms with van der Waals surface area (Å²) in [5.41, 5.74) is 11.8. The highest BCUT2D eigenvalue weighted by atomic mass is 16.4. The van der Waals surface area contributed by atoms with E-state index in [-0.39, 0.29) is 5.96 Å². The van der Waals surface area contributed by atoms with Gasteiger partial charge in [-0.2, -0.15) is 5.10 Å². The van der Waals surface area contributed by atoms with Gasteiger partial charge in [0.25, 0.3) is 5.97 Å². The fourth-order valence-corrected chi connectivity index (χ4v) is 2.25. The summed E-state index contributed by atoms with van der Waals surface area (Å²) < 4.78 is 0. The van der Waals surface area contributed by atoms with Crippen molar-refractivity contribution in [2.75, 3.05) is 0 Å². The van der Waals surface area contributed by atoms with E-state index in [0.29, 0.717) is 0 Å². The molecule has 1 aliphatic rings. The maximum Gasteiger partial charge on any atom is 0.300 e. The minimum atomic E-state index is -0.833. The van der Waals surface area contributed by atoms with Crippen LogP contribution in [0.25, 0.3) is 0 Å². The average molecular weight is 298 g/mol. The maximum absolute atomic E-state index is 9.00. The highest BCUT2D eigenvalue weighted by molar-refractivity contribution is 5.85. The third kappa shape index (κ3) is 16.4. The molecule has 0 aliphatic heterocycles. The summed E-state index contributed by atoms with van der Waals surface area (Å²) in [7, 11) is 0. The quantitative estimate of drug-likeness (QED) is 0.392. The smallest absolute Gasteiger partial charge is 0.300 e. The van der Waals surface area contributed by atoms with Crippen molar-refractivity contribution in [1.82, 2.24) is 0 Å². The first kappa shape index (κ1) is 19.4. The molecule has 0 amide bonds. The van der Waals surface area contributed by atoms with Gasteiger partial charge in [0, 0.05) is 12.6 Å². The third-order valence-corrected chi connectivity index (χ3v) is 3.24. The standard InChI is InChI=1S/C13H26N4.C2H4O2/c14-13(15)17-16-12-10-8-6-4-2-1-3-5-7-9-11-12;1-2(3)4/h1-11H2,(H4,14,15,17);1H3,(H,3,4). The van der Waals surface area contributed by atoms with Gasteiger partial charge in [0.15, 0.2) is 0 Å².